The van der Waals surface area contributed by atoms with Gasteiger partial charge in [-0.1, -0.05) is 5.11 Å². The maximum Gasteiger partial charge on any atom is 0.414 e. The minimum atomic E-state index is -3.80. The number of benzene rings is 1. The summed E-state index contributed by atoms with van der Waals surface area (Å²) in [5.74, 6) is -0.914. The van der Waals surface area contributed by atoms with Crippen LogP contribution >= 0.6 is 0 Å². The first-order valence-corrected chi connectivity index (χ1v) is 11.1. The van der Waals surface area contributed by atoms with E-state index >= 15 is 0 Å². The third-order valence-electron chi connectivity index (χ3n) is 4.77. The quantitative estimate of drug-likeness (QED) is 0.279. The number of azide groups is 1. The summed E-state index contributed by atoms with van der Waals surface area (Å²) in [6, 6.07) is 3.30. The molecule has 0 saturated carbocycles. The number of halogens is 1. The first-order chi connectivity index (χ1) is 14.6. The van der Waals surface area contributed by atoms with Crippen molar-refractivity contribution < 1.29 is 31.3 Å². The number of ether oxygens (including phenoxy) is 1. The van der Waals surface area contributed by atoms with Crippen LogP contribution in [0, 0.1) is 5.82 Å². The molecule has 3 atom stereocenters. The number of hydrogen-bond donors (Lipinski definition) is 1. The second-order valence-corrected chi connectivity index (χ2v) is 8.81. The van der Waals surface area contributed by atoms with E-state index in [1.807, 2.05) is 0 Å². The number of anilines is 2. The van der Waals surface area contributed by atoms with E-state index in [0.717, 1.165) is 12.3 Å². The van der Waals surface area contributed by atoms with Crippen LogP contribution in [0.25, 0.3) is 10.4 Å². The van der Waals surface area contributed by atoms with E-state index in [0.29, 0.717) is 0 Å². The van der Waals surface area contributed by atoms with Crippen LogP contribution in [0.1, 0.15) is 6.92 Å². The number of hydrogen-bond acceptors (Lipinski definition) is 8. The predicted octanol–water partition coefficient (Wildman–Crippen LogP) is 1.13. The minimum absolute atomic E-state index is 0.00241. The number of carbonyl (C=O) groups is 2. The van der Waals surface area contributed by atoms with Gasteiger partial charge in [-0.15, -0.1) is 0 Å². The largest absolute Gasteiger partial charge is 0.442 e. The average Bonchev–Trinajstić information content (AvgIpc) is 3.22. The zero-order chi connectivity index (χ0) is 22.8. The molecule has 31 heavy (non-hydrogen) atoms. The molecule has 2 saturated heterocycles. The lowest BCUT2D eigenvalue weighted by molar-refractivity contribution is -0.119. The number of amides is 2. The molecule has 2 aliphatic heterocycles. The summed E-state index contributed by atoms with van der Waals surface area (Å²) in [6.07, 6.45) is -1.29. The van der Waals surface area contributed by atoms with E-state index in [1.165, 1.54) is 28.9 Å². The molecule has 1 aromatic carbocycles. The second-order valence-electron chi connectivity index (χ2n) is 7.21. The normalized spacial score (nSPS) is 23.5. The van der Waals surface area contributed by atoms with Crippen LogP contribution < -0.4 is 15.1 Å². The highest BCUT2D eigenvalue weighted by Gasteiger charge is 2.37. The summed E-state index contributed by atoms with van der Waals surface area (Å²) in [6.45, 7) is 1.70. The number of rotatable bonds is 7. The highest BCUT2D eigenvalue weighted by molar-refractivity contribution is 7.86. The lowest BCUT2D eigenvalue weighted by Crippen LogP contribution is -2.33. The third-order valence-corrected chi connectivity index (χ3v) is 5.37. The molecule has 1 aromatic rings. The van der Waals surface area contributed by atoms with Crippen molar-refractivity contribution in [2.75, 3.05) is 42.2 Å². The van der Waals surface area contributed by atoms with E-state index in [9.17, 15) is 22.4 Å². The molecule has 2 heterocycles. The van der Waals surface area contributed by atoms with Crippen LogP contribution in [-0.2, 0) is 23.8 Å². The van der Waals surface area contributed by atoms with Crippen LogP contribution in [0.2, 0.25) is 0 Å². The Hall–Kier alpha value is -3.09. The highest BCUT2D eigenvalue weighted by Crippen LogP contribution is 2.31. The van der Waals surface area contributed by atoms with Gasteiger partial charge in [-0.2, -0.15) is 8.42 Å². The molecule has 2 amide bonds. The van der Waals surface area contributed by atoms with E-state index < -0.39 is 40.3 Å². The average molecular weight is 456 g/mol. The number of cyclic esters (lactones) is 1. The molecule has 168 valence electrons. The number of carbonyl (C=O) groups excluding carboxylic acids is 2. The lowest BCUT2D eigenvalue weighted by Gasteiger charge is -2.21. The van der Waals surface area contributed by atoms with Crippen molar-refractivity contribution in [2.24, 2.45) is 5.11 Å². The zero-order valence-corrected chi connectivity index (χ0v) is 17.6. The number of nitrogens with zero attached hydrogens (tertiary/aromatic N) is 5. The van der Waals surface area contributed by atoms with E-state index in [4.69, 9.17) is 14.5 Å². The molecule has 0 spiro atoms. The fourth-order valence-corrected chi connectivity index (χ4v) is 4.10. The summed E-state index contributed by atoms with van der Waals surface area (Å²) < 4.78 is 47.9. The van der Waals surface area contributed by atoms with Gasteiger partial charge in [-0.25, -0.2) is 9.18 Å². The molecule has 12 nitrogen and oxygen atoms in total. The monoisotopic (exact) mass is 456 g/mol. The van der Waals surface area contributed by atoms with Crippen LogP contribution in [-0.4, -0.2) is 71.1 Å². The van der Waals surface area contributed by atoms with Gasteiger partial charge in [0.1, 0.15) is 18.0 Å². The van der Waals surface area contributed by atoms with Gasteiger partial charge in [0, 0.05) is 24.9 Å². The maximum absolute atomic E-state index is 14.9. The molecule has 2 aliphatic rings. The van der Waals surface area contributed by atoms with E-state index in [2.05, 4.69) is 15.3 Å². The van der Waals surface area contributed by atoms with Gasteiger partial charge in [-0.05, 0) is 23.7 Å². The molecule has 3 rings (SSSR count). The summed E-state index contributed by atoms with van der Waals surface area (Å²) in [5.41, 5.74) is 9.13. The summed E-state index contributed by atoms with van der Waals surface area (Å²) >= 11 is 0. The van der Waals surface area contributed by atoms with Crippen LogP contribution in [0.15, 0.2) is 23.3 Å². The predicted molar refractivity (Wildman–Crippen MR) is 108 cm³/mol. The van der Waals surface area contributed by atoms with Crippen LogP contribution in [0.5, 0.6) is 0 Å². The van der Waals surface area contributed by atoms with Crippen LogP contribution in [0.4, 0.5) is 20.6 Å². The molecule has 3 unspecified atom stereocenters. The van der Waals surface area contributed by atoms with E-state index in [1.54, 1.807) is 0 Å². The lowest BCUT2D eigenvalue weighted by atomic mass is 10.2. The van der Waals surface area contributed by atoms with Crippen molar-refractivity contribution in [1.29, 1.82) is 0 Å². The first kappa shape index (κ1) is 22.6. The molecule has 0 radical (unpaired) electrons. The third kappa shape index (κ3) is 5.54. The SMILES string of the molecule is CC(=O)NCC1CN(c2ccc(N3CC(N=[N+]=[N-])C(OS(C)(=O)=O)C3)c(F)c2)C(=O)O1. The van der Waals surface area contributed by atoms with Gasteiger partial charge < -0.3 is 15.0 Å². The molecular formula is C17H21FN6O6S. The molecular weight excluding hydrogens is 435 g/mol. The Bertz CT molecular complexity index is 1030. The van der Waals surface area contributed by atoms with Crippen molar-refractivity contribution in [1.82, 2.24) is 5.32 Å². The fraction of sp³-hybridized carbons (Fsp3) is 0.529. The summed E-state index contributed by atoms with van der Waals surface area (Å²) in [5, 5.41) is 6.11. The van der Waals surface area contributed by atoms with Gasteiger partial charge in [0.25, 0.3) is 10.1 Å². The van der Waals surface area contributed by atoms with E-state index in [-0.39, 0.29) is 43.5 Å². The Balaban J connectivity index is 1.74. The van der Waals surface area contributed by atoms with Crippen molar-refractivity contribution in [3.8, 4) is 0 Å². The number of nitrogens with one attached hydrogen (secondary N) is 1. The van der Waals surface area contributed by atoms with Crippen LogP contribution in [0.3, 0.4) is 0 Å². The summed E-state index contributed by atoms with van der Waals surface area (Å²) in [4.78, 5) is 28.6. The summed E-state index contributed by atoms with van der Waals surface area (Å²) in [7, 11) is -3.80. The van der Waals surface area contributed by atoms with Crippen molar-refractivity contribution >= 4 is 33.5 Å². The van der Waals surface area contributed by atoms with Crippen molar-refractivity contribution in [2.45, 2.75) is 25.2 Å². The smallest absolute Gasteiger partial charge is 0.414 e. The Morgan fingerprint density at radius 3 is 2.77 bits per heavy atom. The Morgan fingerprint density at radius 1 is 1.42 bits per heavy atom. The Labute approximate surface area is 177 Å². The minimum Gasteiger partial charge on any atom is -0.442 e. The molecule has 14 heteroatoms. The topological polar surface area (TPSA) is 154 Å². The van der Waals surface area contributed by atoms with Crippen molar-refractivity contribution in [3.63, 3.8) is 0 Å². The molecule has 0 bridgehead atoms. The zero-order valence-electron chi connectivity index (χ0n) is 16.8. The van der Waals surface area contributed by atoms with Gasteiger partial charge in [0.15, 0.2) is 0 Å². The van der Waals surface area contributed by atoms with Gasteiger partial charge in [0.05, 0.1) is 36.8 Å². The fourth-order valence-electron chi connectivity index (χ4n) is 3.47. The highest BCUT2D eigenvalue weighted by atomic mass is 32.2. The van der Waals surface area contributed by atoms with Crippen molar-refractivity contribution in [3.05, 3.63) is 34.5 Å². The molecule has 2 fully saturated rings. The Kier molecular flexibility index (Phi) is 6.53. The van der Waals surface area contributed by atoms with Gasteiger partial charge in [-0.3, -0.25) is 13.9 Å². The second kappa shape index (κ2) is 8.96. The van der Waals surface area contributed by atoms with Gasteiger partial charge in [0.2, 0.25) is 5.91 Å². The molecule has 0 aliphatic carbocycles. The maximum atomic E-state index is 14.9. The Morgan fingerprint density at radius 2 is 2.16 bits per heavy atom. The standard InChI is InChI=1S/C17H21FN6O6S/c1-10(25)20-6-12-7-24(17(26)29-12)11-3-4-15(13(18)5-11)23-8-14(21-22-19)16(9-23)30-31(2,27)28/h3-5,12,14,16H,6-9H2,1-2H3,(H,20,25). The van der Waals surface area contributed by atoms with Gasteiger partial charge >= 0.3 is 6.09 Å². The first-order valence-electron chi connectivity index (χ1n) is 9.27. The molecule has 1 N–H and O–H groups in total. The molecule has 0 aromatic heterocycles.